The molecule has 0 radical (unpaired) electrons. The van der Waals surface area contributed by atoms with Crippen LogP contribution in [0.2, 0.25) is 0 Å². The summed E-state index contributed by atoms with van der Waals surface area (Å²) >= 11 is 0. The molecule has 3 aliphatic heterocycles. The molecule has 3 N–H and O–H groups in total. The molecule has 6 rings (SSSR count). The van der Waals surface area contributed by atoms with Crippen molar-refractivity contribution in [1.29, 1.82) is 0 Å². The lowest BCUT2D eigenvalue weighted by molar-refractivity contribution is -0.123. The number of nitrogens with zero attached hydrogens (tertiary/aromatic N) is 2. The summed E-state index contributed by atoms with van der Waals surface area (Å²) in [5.74, 6) is 6.23. The SMILES string of the molecule is O=C(NC[C@H]1C[C@@H](NC(=O)[C@@H]2C[C@H](F)CN2)CN1C(=O)OCC1CC1)c1ccc(C#Cc2ccc(CN3CCOCC3)cc2)cc1. The standard InChI is InChI=1S/C35H42FN5O5/c36-29-17-32(37-19-29)34(43)39-30-18-31(41(22-30)35(44)46-23-27-7-8-27)20-38-33(42)28-11-9-25(10-12-28)2-1-24-3-5-26(6-4-24)21-40-13-15-45-16-14-40/h3-6,9-12,27,29-32,37H,7-8,13-23H2,(H,38,42)(H,39,43)/t29-,30+,31+,32-/m0/s1. The maximum atomic E-state index is 13.6. The van der Waals surface area contributed by atoms with Crippen LogP contribution >= 0.6 is 0 Å². The van der Waals surface area contributed by atoms with Crippen molar-refractivity contribution in [2.45, 2.75) is 56.5 Å². The van der Waals surface area contributed by atoms with Crippen LogP contribution in [0.4, 0.5) is 9.18 Å². The zero-order valence-electron chi connectivity index (χ0n) is 26.0. The summed E-state index contributed by atoms with van der Waals surface area (Å²) in [6, 6.07) is 14.1. The maximum absolute atomic E-state index is 13.6. The Hall–Kier alpha value is -3.98. The van der Waals surface area contributed by atoms with Crippen LogP contribution in [-0.2, 0) is 20.8 Å². The summed E-state index contributed by atoms with van der Waals surface area (Å²) in [4.78, 5) is 42.6. The number of rotatable bonds is 9. The molecular formula is C35H42FN5O5. The van der Waals surface area contributed by atoms with Crippen LogP contribution in [0.15, 0.2) is 48.5 Å². The summed E-state index contributed by atoms with van der Waals surface area (Å²) in [5, 5.41) is 8.79. The van der Waals surface area contributed by atoms with E-state index in [1.807, 2.05) is 24.3 Å². The molecule has 1 saturated carbocycles. The average molecular weight is 632 g/mol. The Bertz CT molecular complexity index is 1430. The lowest BCUT2D eigenvalue weighted by atomic mass is 10.1. The van der Waals surface area contributed by atoms with Crippen molar-refractivity contribution < 1.29 is 28.2 Å². The number of amides is 3. The van der Waals surface area contributed by atoms with Crippen LogP contribution in [0, 0.1) is 17.8 Å². The molecule has 2 aromatic carbocycles. The topological polar surface area (TPSA) is 112 Å². The van der Waals surface area contributed by atoms with Crippen molar-refractivity contribution in [3.05, 3.63) is 70.8 Å². The first kappa shape index (κ1) is 32.0. The number of ether oxygens (including phenoxy) is 2. The van der Waals surface area contributed by atoms with Crippen LogP contribution in [0.5, 0.6) is 0 Å². The molecule has 11 heteroatoms. The number of halogens is 1. The van der Waals surface area contributed by atoms with E-state index in [4.69, 9.17) is 9.47 Å². The van der Waals surface area contributed by atoms with Gasteiger partial charge in [-0.25, -0.2) is 9.18 Å². The van der Waals surface area contributed by atoms with Crippen molar-refractivity contribution in [2.75, 3.05) is 52.5 Å². The van der Waals surface area contributed by atoms with Crippen LogP contribution < -0.4 is 16.0 Å². The van der Waals surface area contributed by atoms with E-state index in [-0.39, 0.29) is 50.0 Å². The zero-order valence-corrected chi connectivity index (χ0v) is 26.0. The molecule has 244 valence electrons. The fourth-order valence-corrected chi connectivity index (χ4v) is 6.06. The van der Waals surface area contributed by atoms with Crippen molar-refractivity contribution in [1.82, 2.24) is 25.8 Å². The van der Waals surface area contributed by atoms with Gasteiger partial charge in [-0.2, -0.15) is 0 Å². The van der Waals surface area contributed by atoms with Crippen LogP contribution in [0.25, 0.3) is 0 Å². The van der Waals surface area contributed by atoms with Gasteiger partial charge in [0, 0.05) is 68.4 Å². The van der Waals surface area contributed by atoms with Crippen LogP contribution in [0.1, 0.15) is 52.7 Å². The fourth-order valence-electron chi connectivity index (χ4n) is 6.06. The van der Waals surface area contributed by atoms with Gasteiger partial charge < -0.3 is 30.3 Å². The first-order valence-corrected chi connectivity index (χ1v) is 16.3. The fraction of sp³-hybridized carbons (Fsp3) is 0.514. The highest BCUT2D eigenvalue weighted by Gasteiger charge is 2.39. The van der Waals surface area contributed by atoms with E-state index < -0.39 is 18.3 Å². The van der Waals surface area contributed by atoms with Gasteiger partial charge in [0.15, 0.2) is 0 Å². The van der Waals surface area contributed by atoms with E-state index in [0.29, 0.717) is 24.5 Å². The first-order valence-electron chi connectivity index (χ1n) is 16.3. The monoisotopic (exact) mass is 631 g/mol. The van der Waals surface area contributed by atoms with Gasteiger partial charge in [0.1, 0.15) is 6.17 Å². The summed E-state index contributed by atoms with van der Waals surface area (Å²) in [5.41, 5.74) is 3.45. The van der Waals surface area contributed by atoms with Gasteiger partial charge in [0.05, 0.1) is 31.9 Å². The highest BCUT2D eigenvalue weighted by atomic mass is 19.1. The Kier molecular flexibility index (Phi) is 10.5. The van der Waals surface area contributed by atoms with Crippen molar-refractivity contribution in [3.8, 4) is 11.8 Å². The van der Waals surface area contributed by atoms with Gasteiger partial charge in [-0.05, 0) is 67.1 Å². The van der Waals surface area contributed by atoms with Crippen molar-refractivity contribution in [3.63, 3.8) is 0 Å². The van der Waals surface area contributed by atoms with Gasteiger partial charge >= 0.3 is 6.09 Å². The van der Waals surface area contributed by atoms with E-state index in [1.165, 1.54) is 5.56 Å². The second-order valence-electron chi connectivity index (χ2n) is 12.7. The maximum Gasteiger partial charge on any atom is 0.410 e. The van der Waals surface area contributed by atoms with Crippen LogP contribution in [0.3, 0.4) is 0 Å². The molecule has 4 aliphatic rings. The molecule has 4 fully saturated rings. The second kappa shape index (κ2) is 15.1. The Morgan fingerprint density at radius 3 is 2.33 bits per heavy atom. The molecular weight excluding hydrogens is 589 g/mol. The van der Waals surface area contributed by atoms with E-state index >= 15 is 0 Å². The normalized spacial score (nSPS) is 24.6. The van der Waals surface area contributed by atoms with E-state index in [2.05, 4.69) is 44.8 Å². The lowest BCUT2D eigenvalue weighted by Gasteiger charge is -2.26. The van der Waals surface area contributed by atoms with Crippen molar-refractivity contribution >= 4 is 17.9 Å². The number of hydrogen-bond donors (Lipinski definition) is 3. The Balaban J connectivity index is 1.01. The Morgan fingerprint density at radius 1 is 0.978 bits per heavy atom. The number of likely N-dealkylation sites (tertiary alicyclic amines) is 1. The van der Waals surface area contributed by atoms with Gasteiger partial charge in [-0.1, -0.05) is 24.0 Å². The second-order valence-corrected chi connectivity index (χ2v) is 12.7. The quantitative estimate of drug-likeness (QED) is 0.365. The lowest BCUT2D eigenvalue weighted by Crippen LogP contribution is -2.46. The summed E-state index contributed by atoms with van der Waals surface area (Å²) in [7, 11) is 0. The van der Waals surface area contributed by atoms with Crippen LogP contribution in [-0.4, -0.2) is 105 Å². The number of benzene rings is 2. The number of carbonyl (C=O) groups is 3. The molecule has 3 amide bonds. The minimum absolute atomic E-state index is 0.137. The predicted molar refractivity (Wildman–Crippen MR) is 170 cm³/mol. The van der Waals surface area contributed by atoms with E-state index in [1.54, 1.807) is 17.0 Å². The number of alkyl halides is 1. The number of nitrogens with one attached hydrogen (secondary N) is 3. The third-order valence-electron chi connectivity index (χ3n) is 8.99. The highest BCUT2D eigenvalue weighted by molar-refractivity contribution is 5.94. The molecule has 3 saturated heterocycles. The third kappa shape index (κ3) is 8.84. The number of morpholine rings is 1. The van der Waals surface area contributed by atoms with Gasteiger partial charge in [0.25, 0.3) is 5.91 Å². The zero-order chi connectivity index (χ0) is 31.9. The average Bonchev–Trinajstić information content (AvgIpc) is 3.67. The molecule has 0 unspecified atom stereocenters. The van der Waals surface area contributed by atoms with Crippen molar-refractivity contribution in [2.24, 2.45) is 5.92 Å². The summed E-state index contributed by atoms with van der Waals surface area (Å²) in [6.45, 7) is 5.39. The molecule has 0 bridgehead atoms. The highest BCUT2D eigenvalue weighted by Crippen LogP contribution is 2.29. The predicted octanol–water partition coefficient (Wildman–Crippen LogP) is 2.45. The smallest absolute Gasteiger partial charge is 0.410 e. The molecule has 46 heavy (non-hydrogen) atoms. The molecule has 3 heterocycles. The number of carbonyl (C=O) groups excluding carboxylic acids is 3. The molecule has 4 atom stereocenters. The first-order chi connectivity index (χ1) is 22.4. The Morgan fingerprint density at radius 2 is 1.67 bits per heavy atom. The summed E-state index contributed by atoms with van der Waals surface area (Å²) in [6.07, 6.45) is 1.23. The minimum atomic E-state index is -1.04. The third-order valence-corrected chi connectivity index (χ3v) is 8.99. The molecule has 2 aromatic rings. The van der Waals surface area contributed by atoms with Gasteiger partial charge in [-0.3, -0.25) is 14.5 Å². The Labute approximate surface area is 269 Å². The van der Waals surface area contributed by atoms with E-state index in [0.717, 1.165) is 56.8 Å². The largest absolute Gasteiger partial charge is 0.449 e. The summed E-state index contributed by atoms with van der Waals surface area (Å²) < 4.78 is 24.5. The van der Waals surface area contributed by atoms with E-state index in [9.17, 15) is 18.8 Å². The number of hydrogen-bond acceptors (Lipinski definition) is 7. The molecule has 10 nitrogen and oxygen atoms in total. The molecule has 1 aliphatic carbocycles. The minimum Gasteiger partial charge on any atom is -0.449 e. The molecule has 0 spiro atoms. The van der Waals surface area contributed by atoms with Gasteiger partial charge in [0.2, 0.25) is 5.91 Å². The van der Waals surface area contributed by atoms with Gasteiger partial charge in [-0.15, -0.1) is 0 Å². The molecule has 0 aromatic heterocycles.